The van der Waals surface area contributed by atoms with E-state index in [0.29, 0.717) is 40.2 Å². The predicted molar refractivity (Wildman–Crippen MR) is 123 cm³/mol. The van der Waals surface area contributed by atoms with Gasteiger partial charge >= 0.3 is 0 Å². The molecule has 0 aromatic carbocycles. The van der Waals surface area contributed by atoms with Crippen molar-refractivity contribution in [3.8, 4) is 6.07 Å². The van der Waals surface area contributed by atoms with Gasteiger partial charge in [-0.25, -0.2) is 0 Å². The molecule has 0 spiro atoms. The Kier molecular flexibility index (Phi) is 4.24. The van der Waals surface area contributed by atoms with E-state index in [1.165, 1.54) is 51.4 Å². The lowest BCUT2D eigenvalue weighted by Gasteiger charge is -2.62. The van der Waals surface area contributed by atoms with Gasteiger partial charge in [-0.1, -0.05) is 34.1 Å². The minimum absolute atomic E-state index is 0.142. The molecule has 2 unspecified atom stereocenters. The second-order valence-electron chi connectivity index (χ2n) is 13.0. The van der Waals surface area contributed by atoms with Crippen molar-refractivity contribution in [3.05, 3.63) is 18.0 Å². The summed E-state index contributed by atoms with van der Waals surface area (Å²) < 4.78 is 1.67. The van der Waals surface area contributed by atoms with E-state index in [-0.39, 0.29) is 11.3 Å². The van der Waals surface area contributed by atoms with Crippen molar-refractivity contribution in [3.63, 3.8) is 0 Å². The molecule has 0 aliphatic heterocycles. The molecule has 4 heteroatoms. The van der Waals surface area contributed by atoms with Crippen LogP contribution in [0.15, 0.2) is 12.3 Å². The highest BCUT2D eigenvalue weighted by Crippen LogP contribution is 2.90. The highest BCUT2D eigenvalue weighted by Gasteiger charge is 2.83. The average molecular weight is 434 g/mol. The summed E-state index contributed by atoms with van der Waals surface area (Å²) in [5, 5.41) is 13.3. The highest BCUT2D eigenvalue weighted by molar-refractivity contribution is 5.82. The smallest absolute Gasteiger partial charge is 0.162 e. The van der Waals surface area contributed by atoms with Crippen LogP contribution in [0, 0.1) is 62.6 Å². The van der Waals surface area contributed by atoms with Crippen molar-refractivity contribution in [2.24, 2.45) is 51.2 Å². The van der Waals surface area contributed by atoms with Gasteiger partial charge in [0.1, 0.15) is 6.07 Å². The summed E-state index contributed by atoms with van der Waals surface area (Å²) in [5.74, 6) is 3.77. The number of ketones is 1. The first kappa shape index (κ1) is 20.9. The van der Waals surface area contributed by atoms with E-state index in [1.54, 1.807) is 16.9 Å². The topological polar surface area (TPSA) is 58.7 Å². The van der Waals surface area contributed by atoms with Gasteiger partial charge in [-0.2, -0.15) is 10.4 Å². The van der Waals surface area contributed by atoms with Gasteiger partial charge in [-0.3, -0.25) is 9.48 Å². The maximum absolute atomic E-state index is 13.5. The first-order chi connectivity index (χ1) is 15.2. The summed E-state index contributed by atoms with van der Waals surface area (Å²) >= 11 is 0. The van der Waals surface area contributed by atoms with Gasteiger partial charge in [0.25, 0.3) is 0 Å². The van der Waals surface area contributed by atoms with Crippen molar-refractivity contribution < 1.29 is 4.79 Å². The third-order valence-corrected chi connectivity index (χ3v) is 12.4. The molecule has 32 heavy (non-hydrogen) atoms. The molecule has 9 atom stereocenters. The monoisotopic (exact) mass is 433 g/mol. The van der Waals surface area contributed by atoms with Crippen LogP contribution in [-0.4, -0.2) is 15.6 Å². The largest absolute Gasteiger partial charge is 0.297 e. The molecule has 172 valence electrons. The molecule has 0 amide bonds. The summed E-state index contributed by atoms with van der Waals surface area (Å²) in [6.07, 6.45) is 13.7. The number of fused-ring (bicyclic) bond motifs is 3. The van der Waals surface area contributed by atoms with Gasteiger partial charge in [-0.05, 0) is 103 Å². The molecule has 1 aromatic rings. The Morgan fingerprint density at radius 1 is 1.12 bits per heavy atom. The summed E-state index contributed by atoms with van der Waals surface area (Å²) in [6.45, 7) is 10.5. The van der Waals surface area contributed by atoms with Gasteiger partial charge in [0.2, 0.25) is 0 Å². The fraction of sp³-hybridized carbons (Fsp3) is 0.821. The minimum atomic E-state index is 0.142. The minimum Gasteiger partial charge on any atom is -0.297 e. The van der Waals surface area contributed by atoms with Crippen molar-refractivity contribution in [1.29, 1.82) is 5.26 Å². The Bertz CT molecular complexity index is 1010. The molecule has 0 saturated heterocycles. The zero-order chi connectivity index (χ0) is 22.5. The molecule has 5 aliphatic rings. The Hall–Kier alpha value is -1.63. The molecular weight excluding hydrogens is 394 g/mol. The summed E-state index contributed by atoms with van der Waals surface area (Å²) in [6, 6.07) is 3.77. The third-order valence-electron chi connectivity index (χ3n) is 12.4. The molecule has 5 saturated carbocycles. The van der Waals surface area contributed by atoms with E-state index in [0.717, 1.165) is 24.2 Å². The third kappa shape index (κ3) is 2.29. The molecule has 1 heterocycles. The maximum atomic E-state index is 13.5. The van der Waals surface area contributed by atoms with Gasteiger partial charge in [0.15, 0.2) is 11.5 Å². The quantitative estimate of drug-likeness (QED) is 0.586. The molecule has 4 nitrogen and oxygen atoms in total. The number of carbonyl (C=O) groups excluding carboxylic acids is 1. The van der Waals surface area contributed by atoms with E-state index in [4.69, 9.17) is 5.26 Å². The van der Waals surface area contributed by atoms with Crippen LogP contribution in [0.5, 0.6) is 0 Å². The predicted octanol–water partition coefficient (Wildman–Crippen LogP) is 6.01. The number of hydrogen-bond acceptors (Lipinski definition) is 3. The molecule has 5 fully saturated rings. The molecule has 0 N–H and O–H groups in total. The van der Waals surface area contributed by atoms with Gasteiger partial charge < -0.3 is 0 Å². The number of nitrogens with zero attached hydrogens (tertiary/aromatic N) is 3. The fourth-order valence-corrected chi connectivity index (χ4v) is 11.0. The average Bonchev–Trinajstić information content (AvgIpc) is 3.07. The lowest BCUT2D eigenvalue weighted by molar-refractivity contribution is -0.144. The molecule has 1 aromatic heterocycles. The van der Waals surface area contributed by atoms with Crippen LogP contribution >= 0.6 is 0 Å². The molecule has 5 aliphatic carbocycles. The highest BCUT2D eigenvalue weighted by atomic mass is 16.1. The van der Waals surface area contributed by atoms with Crippen LogP contribution in [-0.2, 0) is 11.3 Å². The first-order valence-electron chi connectivity index (χ1n) is 13.2. The van der Waals surface area contributed by atoms with Gasteiger partial charge in [0.05, 0.1) is 6.54 Å². The lowest BCUT2D eigenvalue weighted by atomic mass is 9.43. The Morgan fingerprint density at radius 3 is 2.69 bits per heavy atom. The summed E-state index contributed by atoms with van der Waals surface area (Å²) in [5.41, 5.74) is 2.23. The first-order valence-corrected chi connectivity index (χ1v) is 13.2. The zero-order valence-corrected chi connectivity index (χ0v) is 20.4. The van der Waals surface area contributed by atoms with Crippen LogP contribution in [0.2, 0.25) is 0 Å². The van der Waals surface area contributed by atoms with Crippen LogP contribution in [0.3, 0.4) is 0 Å². The van der Waals surface area contributed by atoms with E-state index in [9.17, 15) is 4.79 Å². The number of Topliss-reactive ketones (excluding diaryl/α,β-unsaturated/α-hetero) is 1. The normalized spacial score (nSPS) is 51.0. The fourth-order valence-electron chi connectivity index (χ4n) is 11.0. The molecule has 6 rings (SSSR count). The van der Waals surface area contributed by atoms with Crippen molar-refractivity contribution in [2.75, 3.05) is 0 Å². The van der Waals surface area contributed by atoms with Crippen LogP contribution in [0.4, 0.5) is 0 Å². The molecule has 0 bridgehead atoms. The number of hydrogen-bond donors (Lipinski definition) is 0. The SMILES string of the molecule is C[C@H]1CC[C@@]23[C@H](C)[C@@]2(CC[C@H]2C4CC[C@H](C(=O)Cn5ccc(C#N)n5)[C@@]4(C)CCC23C)C1. The number of nitriles is 1. The summed E-state index contributed by atoms with van der Waals surface area (Å²) in [7, 11) is 0. The Balaban J connectivity index is 1.26. The second kappa shape index (κ2) is 6.49. The van der Waals surface area contributed by atoms with Crippen molar-refractivity contribution >= 4 is 5.78 Å². The number of carbonyl (C=O) groups is 1. The zero-order valence-electron chi connectivity index (χ0n) is 20.4. The van der Waals surface area contributed by atoms with Crippen LogP contribution in [0.25, 0.3) is 0 Å². The molecular formula is C28H39N3O. The van der Waals surface area contributed by atoms with Gasteiger partial charge in [-0.15, -0.1) is 0 Å². The van der Waals surface area contributed by atoms with Crippen molar-refractivity contribution in [2.45, 2.75) is 92.0 Å². The van der Waals surface area contributed by atoms with Crippen LogP contribution < -0.4 is 0 Å². The van der Waals surface area contributed by atoms with E-state index in [1.807, 2.05) is 0 Å². The number of aromatic nitrogens is 2. The Morgan fingerprint density at radius 2 is 1.94 bits per heavy atom. The maximum Gasteiger partial charge on any atom is 0.162 e. The Labute approximate surface area is 193 Å². The van der Waals surface area contributed by atoms with Crippen molar-refractivity contribution in [1.82, 2.24) is 9.78 Å². The van der Waals surface area contributed by atoms with E-state index < -0.39 is 0 Å². The second-order valence-corrected chi connectivity index (χ2v) is 13.0. The molecule has 0 radical (unpaired) electrons. The lowest BCUT2D eigenvalue weighted by Crippen LogP contribution is -2.55. The number of rotatable bonds is 3. The summed E-state index contributed by atoms with van der Waals surface area (Å²) in [4.78, 5) is 13.5. The van der Waals surface area contributed by atoms with Gasteiger partial charge in [0, 0.05) is 12.1 Å². The van der Waals surface area contributed by atoms with Crippen LogP contribution in [0.1, 0.15) is 91.2 Å². The van der Waals surface area contributed by atoms with E-state index in [2.05, 4.69) is 38.9 Å². The standard InChI is InChI=1S/C28H39N3O/c1-18-7-11-28-19(2)27(28,15-18)10-8-22-21-5-6-23(25(21,3)12-13-26(22,28)4)24(32)17-31-14-9-20(16-29)30-31/h9,14,18-19,21-23H,5-8,10-13,15,17H2,1-4H3/t18-,19+,21?,22-,23+,25-,26?,27+,28-/m0/s1. The van der Waals surface area contributed by atoms with E-state index >= 15 is 0 Å².